The predicted octanol–water partition coefficient (Wildman–Crippen LogP) is 16.1. The fraction of sp³-hybridized carbons (Fsp3) is 0. The van der Waals surface area contributed by atoms with Crippen LogP contribution in [0, 0.1) is 0 Å². The van der Waals surface area contributed by atoms with Crippen molar-refractivity contribution in [2.45, 2.75) is 0 Å². The van der Waals surface area contributed by atoms with Gasteiger partial charge in [-0.05, 0) is 100 Å². The number of benzene rings is 11. The molecule has 0 aliphatic heterocycles. The van der Waals surface area contributed by atoms with Gasteiger partial charge in [0, 0.05) is 21.8 Å². The van der Waals surface area contributed by atoms with Crippen molar-refractivity contribution in [2.24, 2.45) is 0 Å². The predicted molar refractivity (Wildman–Crippen MR) is 253 cm³/mol. The highest BCUT2D eigenvalue weighted by Crippen LogP contribution is 2.46. The third-order valence-electron chi connectivity index (χ3n) is 12.4. The second-order valence-electron chi connectivity index (χ2n) is 15.6. The zero-order valence-electron chi connectivity index (χ0n) is 32.3. The number of hydrogen-bond acceptors (Lipinski definition) is 0. The number of aromatic nitrogens is 1. The molecular formula is C58H37N. The van der Waals surface area contributed by atoms with Gasteiger partial charge >= 0.3 is 0 Å². The molecule has 11 aromatic carbocycles. The first-order valence-electron chi connectivity index (χ1n) is 20.4. The van der Waals surface area contributed by atoms with Crippen LogP contribution in [0.3, 0.4) is 0 Å². The Hall–Kier alpha value is -7.74. The van der Waals surface area contributed by atoms with Gasteiger partial charge in [0.15, 0.2) is 0 Å². The minimum Gasteiger partial charge on any atom is -0.309 e. The van der Waals surface area contributed by atoms with E-state index in [0.29, 0.717) is 0 Å². The zero-order chi connectivity index (χ0) is 38.9. The molecule has 12 rings (SSSR count). The monoisotopic (exact) mass is 747 g/mol. The number of hydrogen-bond donors (Lipinski definition) is 0. The molecule has 0 bridgehead atoms. The molecule has 59 heavy (non-hydrogen) atoms. The SMILES string of the molecule is c1ccc(-c2ccc(-c3cc4c(c5ccccc35)c3ccc5ccccc5c3n4-c3ccc(-c4c5ccccc5c(-c5ccccc5)c5ccccc45)cc3)cc2)cc1. The van der Waals surface area contributed by atoms with Crippen LogP contribution in [0.15, 0.2) is 224 Å². The topological polar surface area (TPSA) is 4.93 Å². The van der Waals surface area contributed by atoms with Gasteiger partial charge in [0.2, 0.25) is 0 Å². The van der Waals surface area contributed by atoms with Crippen molar-refractivity contribution < 1.29 is 0 Å². The lowest BCUT2D eigenvalue weighted by molar-refractivity contribution is 1.19. The molecule has 12 aromatic rings. The largest absolute Gasteiger partial charge is 0.309 e. The summed E-state index contributed by atoms with van der Waals surface area (Å²) in [6.07, 6.45) is 0. The Bertz CT molecular complexity index is 3500. The van der Waals surface area contributed by atoms with Crippen molar-refractivity contribution in [3.63, 3.8) is 0 Å². The van der Waals surface area contributed by atoms with E-state index in [-0.39, 0.29) is 0 Å². The van der Waals surface area contributed by atoms with E-state index in [4.69, 9.17) is 0 Å². The Morgan fingerprint density at radius 2 is 0.712 bits per heavy atom. The smallest absolute Gasteiger partial charge is 0.0619 e. The zero-order valence-corrected chi connectivity index (χ0v) is 32.3. The molecule has 0 atom stereocenters. The quantitative estimate of drug-likeness (QED) is 0.155. The van der Waals surface area contributed by atoms with Crippen LogP contribution in [-0.2, 0) is 0 Å². The van der Waals surface area contributed by atoms with E-state index in [1.165, 1.54) is 109 Å². The Kier molecular flexibility index (Phi) is 7.61. The summed E-state index contributed by atoms with van der Waals surface area (Å²) in [4.78, 5) is 0. The van der Waals surface area contributed by atoms with E-state index >= 15 is 0 Å². The average molecular weight is 748 g/mol. The Morgan fingerprint density at radius 3 is 1.32 bits per heavy atom. The molecule has 274 valence electrons. The van der Waals surface area contributed by atoms with E-state index < -0.39 is 0 Å². The molecule has 0 N–H and O–H groups in total. The van der Waals surface area contributed by atoms with Gasteiger partial charge in [0.05, 0.1) is 11.0 Å². The summed E-state index contributed by atoms with van der Waals surface area (Å²) in [5.41, 5.74) is 13.4. The molecule has 0 aliphatic carbocycles. The lowest BCUT2D eigenvalue weighted by atomic mass is 9.86. The van der Waals surface area contributed by atoms with E-state index in [0.717, 1.165) is 5.69 Å². The summed E-state index contributed by atoms with van der Waals surface area (Å²) in [5, 5.41) is 12.6. The van der Waals surface area contributed by atoms with Gasteiger partial charge in [0.25, 0.3) is 0 Å². The molecular weight excluding hydrogens is 711 g/mol. The Balaban J connectivity index is 1.11. The standard InChI is InChI=1S/C58H37N/c1-3-15-38(16-4-1)39-27-29-41(30-28-39)53-37-54-57(47-22-10-9-21-46(47)53)52-36-33-40-17-7-8-20-45(40)58(52)59(54)44-34-31-43(32-35-44)56-50-25-13-11-23-48(50)55(42-18-5-2-6-19-42)49-24-12-14-26-51(49)56/h1-37H. The first-order valence-corrected chi connectivity index (χ1v) is 20.4. The fourth-order valence-electron chi connectivity index (χ4n) is 9.75. The maximum Gasteiger partial charge on any atom is 0.0619 e. The van der Waals surface area contributed by atoms with Crippen LogP contribution in [0.25, 0.3) is 115 Å². The molecule has 0 saturated carbocycles. The maximum atomic E-state index is 2.51. The third-order valence-corrected chi connectivity index (χ3v) is 12.4. The van der Waals surface area contributed by atoms with Gasteiger partial charge in [-0.3, -0.25) is 0 Å². The fourth-order valence-corrected chi connectivity index (χ4v) is 9.75. The van der Waals surface area contributed by atoms with Gasteiger partial charge in [-0.25, -0.2) is 0 Å². The molecule has 0 radical (unpaired) electrons. The summed E-state index contributed by atoms with van der Waals surface area (Å²) in [6.45, 7) is 0. The van der Waals surface area contributed by atoms with E-state index in [2.05, 4.69) is 229 Å². The third kappa shape index (κ3) is 5.25. The first kappa shape index (κ1) is 33.4. The summed E-state index contributed by atoms with van der Waals surface area (Å²) in [5.74, 6) is 0. The molecule has 0 saturated heterocycles. The second kappa shape index (κ2) is 13.4. The van der Waals surface area contributed by atoms with Crippen molar-refractivity contribution >= 4 is 64.9 Å². The minimum absolute atomic E-state index is 1.14. The highest BCUT2D eigenvalue weighted by molar-refractivity contribution is 6.28. The minimum atomic E-state index is 1.14. The summed E-state index contributed by atoms with van der Waals surface area (Å²) in [7, 11) is 0. The van der Waals surface area contributed by atoms with Crippen LogP contribution < -0.4 is 0 Å². The van der Waals surface area contributed by atoms with Crippen LogP contribution >= 0.6 is 0 Å². The van der Waals surface area contributed by atoms with Gasteiger partial charge < -0.3 is 4.57 Å². The highest BCUT2D eigenvalue weighted by atomic mass is 15.0. The molecule has 1 nitrogen and oxygen atoms in total. The van der Waals surface area contributed by atoms with Crippen molar-refractivity contribution in [3.05, 3.63) is 224 Å². The first-order chi connectivity index (χ1) is 29.3. The molecule has 0 fully saturated rings. The molecule has 0 unspecified atom stereocenters. The Labute approximate surface area is 342 Å². The molecule has 0 amide bonds. The van der Waals surface area contributed by atoms with Crippen molar-refractivity contribution in [1.29, 1.82) is 0 Å². The summed E-state index contributed by atoms with van der Waals surface area (Å²) >= 11 is 0. The van der Waals surface area contributed by atoms with Crippen LogP contribution in [0.2, 0.25) is 0 Å². The molecule has 1 aromatic heterocycles. The van der Waals surface area contributed by atoms with Gasteiger partial charge in [0.1, 0.15) is 0 Å². The summed E-state index contributed by atoms with van der Waals surface area (Å²) in [6, 6.07) is 82.4. The van der Waals surface area contributed by atoms with Crippen molar-refractivity contribution in [3.8, 4) is 50.2 Å². The lowest BCUT2D eigenvalue weighted by Crippen LogP contribution is -1.96. The van der Waals surface area contributed by atoms with Gasteiger partial charge in [-0.1, -0.05) is 206 Å². The average Bonchev–Trinajstić information content (AvgIpc) is 3.66. The Morgan fingerprint density at radius 1 is 0.271 bits per heavy atom. The molecule has 1 heterocycles. The van der Waals surface area contributed by atoms with Crippen molar-refractivity contribution in [2.75, 3.05) is 0 Å². The molecule has 0 spiro atoms. The van der Waals surface area contributed by atoms with E-state index in [1.807, 2.05) is 0 Å². The number of fused-ring (bicyclic) bond motifs is 9. The molecule has 1 heteroatoms. The van der Waals surface area contributed by atoms with Crippen LogP contribution in [0.4, 0.5) is 0 Å². The summed E-state index contributed by atoms with van der Waals surface area (Å²) < 4.78 is 2.51. The number of nitrogens with zero attached hydrogens (tertiary/aromatic N) is 1. The molecule has 0 aliphatic rings. The van der Waals surface area contributed by atoms with Gasteiger partial charge in [-0.2, -0.15) is 0 Å². The normalized spacial score (nSPS) is 11.7. The van der Waals surface area contributed by atoms with Crippen molar-refractivity contribution in [1.82, 2.24) is 4.57 Å². The maximum absolute atomic E-state index is 2.51. The van der Waals surface area contributed by atoms with E-state index in [1.54, 1.807) is 0 Å². The van der Waals surface area contributed by atoms with Crippen LogP contribution in [0.5, 0.6) is 0 Å². The highest BCUT2D eigenvalue weighted by Gasteiger charge is 2.21. The lowest BCUT2D eigenvalue weighted by Gasteiger charge is -2.18. The second-order valence-corrected chi connectivity index (χ2v) is 15.6. The van der Waals surface area contributed by atoms with E-state index in [9.17, 15) is 0 Å². The van der Waals surface area contributed by atoms with Crippen LogP contribution in [0.1, 0.15) is 0 Å². The van der Waals surface area contributed by atoms with Gasteiger partial charge in [-0.15, -0.1) is 0 Å². The van der Waals surface area contributed by atoms with Crippen LogP contribution in [-0.4, -0.2) is 4.57 Å². The number of rotatable bonds is 5.